The number of amides is 1. The summed E-state index contributed by atoms with van der Waals surface area (Å²) in [6, 6.07) is 13.2. The van der Waals surface area contributed by atoms with Gasteiger partial charge in [0, 0.05) is 17.0 Å². The molecule has 120 valence electrons. The maximum atomic E-state index is 13.5. The molecule has 1 amide bonds. The fourth-order valence-corrected chi connectivity index (χ4v) is 2.77. The fourth-order valence-electron chi connectivity index (χ4n) is 1.90. The van der Waals surface area contributed by atoms with E-state index in [-0.39, 0.29) is 24.0 Å². The summed E-state index contributed by atoms with van der Waals surface area (Å²) in [5, 5.41) is 2.66. The second kappa shape index (κ2) is 8.33. The molecule has 0 unspecified atom stereocenters. The van der Waals surface area contributed by atoms with Crippen LogP contribution in [0.5, 0.6) is 0 Å². The van der Waals surface area contributed by atoms with Gasteiger partial charge < -0.3 is 10.1 Å². The maximum absolute atomic E-state index is 13.5. The number of hydrogen-bond donors (Lipinski definition) is 1. The Labute approximate surface area is 138 Å². The molecule has 0 aromatic heterocycles. The molecule has 2 rings (SSSR count). The van der Waals surface area contributed by atoms with Crippen LogP contribution in [0.1, 0.15) is 15.9 Å². The lowest BCUT2D eigenvalue weighted by molar-refractivity contribution is -0.118. The summed E-state index contributed by atoms with van der Waals surface area (Å²) in [6.45, 7) is 0.130. The molecule has 0 atom stereocenters. The summed E-state index contributed by atoms with van der Waals surface area (Å²) in [5.74, 6) is -0.906. The molecular formula is C17H16FNO3S. The smallest absolute Gasteiger partial charge is 0.338 e. The minimum Gasteiger partial charge on any atom is -0.465 e. The van der Waals surface area contributed by atoms with Crippen LogP contribution in [0.2, 0.25) is 0 Å². The predicted octanol–water partition coefficient (Wildman–Crippen LogP) is 3.02. The molecule has 23 heavy (non-hydrogen) atoms. The number of halogens is 1. The van der Waals surface area contributed by atoms with Crippen LogP contribution in [-0.4, -0.2) is 24.7 Å². The van der Waals surface area contributed by atoms with Crippen molar-refractivity contribution < 1.29 is 18.7 Å². The minimum atomic E-state index is -0.445. The first-order valence-electron chi connectivity index (χ1n) is 6.92. The van der Waals surface area contributed by atoms with Crippen LogP contribution < -0.4 is 5.32 Å². The zero-order valence-corrected chi connectivity index (χ0v) is 13.4. The topological polar surface area (TPSA) is 55.4 Å². The van der Waals surface area contributed by atoms with Crippen LogP contribution in [0.3, 0.4) is 0 Å². The van der Waals surface area contributed by atoms with Gasteiger partial charge in [-0.15, -0.1) is 11.8 Å². The fraction of sp³-hybridized carbons (Fsp3) is 0.176. The van der Waals surface area contributed by atoms with Crippen LogP contribution in [0.15, 0.2) is 53.4 Å². The van der Waals surface area contributed by atoms with E-state index in [4.69, 9.17) is 4.74 Å². The molecular weight excluding hydrogens is 317 g/mol. The van der Waals surface area contributed by atoms with Gasteiger partial charge in [0.2, 0.25) is 5.91 Å². The molecule has 0 spiro atoms. The van der Waals surface area contributed by atoms with Gasteiger partial charge in [0.05, 0.1) is 18.4 Å². The lowest BCUT2D eigenvalue weighted by atomic mass is 10.2. The Bertz CT molecular complexity index is 706. The average molecular weight is 333 g/mol. The second-order valence-electron chi connectivity index (χ2n) is 4.64. The van der Waals surface area contributed by atoms with E-state index < -0.39 is 5.97 Å². The van der Waals surface area contributed by atoms with E-state index in [0.717, 1.165) is 0 Å². The van der Waals surface area contributed by atoms with Crippen LogP contribution in [-0.2, 0) is 16.1 Å². The Kier molecular flexibility index (Phi) is 6.17. The van der Waals surface area contributed by atoms with E-state index >= 15 is 0 Å². The Balaban J connectivity index is 1.90. The van der Waals surface area contributed by atoms with Crippen molar-refractivity contribution in [3.05, 3.63) is 65.5 Å². The highest BCUT2D eigenvalue weighted by molar-refractivity contribution is 8.00. The van der Waals surface area contributed by atoms with Crippen LogP contribution in [0.25, 0.3) is 0 Å². The molecule has 0 radical (unpaired) electrons. The third-order valence-electron chi connectivity index (χ3n) is 3.08. The largest absolute Gasteiger partial charge is 0.465 e. The number of thioether (sulfide) groups is 1. The molecule has 1 N–H and O–H groups in total. The van der Waals surface area contributed by atoms with Crippen molar-refractivity contribution in [1.29, 1.82) is 0 Å². The molecule has 2 aromatic carbocycles. The summed E-state index contributed by atoms with van der Waals surface area (Å²) in [6.07, 6.45) is 0. The van der Waals surface area contributed by atoms with Gasteiger partial charge in [0.25, 0.3) is 0 Å². The number of carbonyl (C=O) groups excluding carboxylic acids is 2. The Hall–Kier alpha value is -2.34. The van der Waals surface area contributed by atoms with E-state index in [1.807, 2.05) is 0 Å². The van der Waals surface area contributed by atoms with Crippen molar-refractivity contribution >= 4 is 23.6 Å². The summed E-state index contributed by atoms with van der Waals surface area (Å²) in [5.41, 5.74) is 0.850. The van der Waals surface area contributed by atoms with E-state index in [1.54, 1.807) is 42.5 Å². The molecule has 0 saturated heterocycles. The van der Waals surface area contributed by atoms with Crippen molar-refractivity contribution in [3.8, 4) is 0 Å². The van der Waals surface area contributed by atoms with Crippen molar-refractivity contribution in [2.75, 3.05) is 12.9 Å². The Morgan fingerprint density at radius 1 is 1.13 bits per heavy atom. The number of esters is 1. The summed E-state index contributed by atoms with van der Waals surface area (Å²) >= 11 is 1.23. The number of benzene rings is 2. The third kappa shape index (κ3) is 4.82. The van der Waals surface area contributed by atoms with Crippen molar-refractivity contribution in [2.45, 2.75) is 11.4 Å². The lowest BCUT2D eigenvalue weighted by Gasteiger charge is -2.08. The molecule has 0 aliphatic heterocycles. The van der Waals surface area contributed by atoms with Gasteiger partial charge in [-0.25, -0.2) is 9.18 Å². The average Bonchev–Trinajstić information content (AvgIpc) is 2.58. The highest BCUT2D eigenvalue weighted by atomic mass is 32.2. The first-order valence-corrected chi connectivity index (χ1v) is 7.90. The molecule has 4 nitrogen and oxygen atoms in total. The molecule has 2 aromatic rings. The van der Waals surface area contributed by atoms with Gasteiger partial charge >= 0.3 is 5.97 Å². The lowest BCUT2D eigenvalue weighted by Crippen LogP contribution is -2.25. The van der Waals surface area contributed by atoms with Crippen LogP contribution >= 0.6 is 11.8 Å². The van der Waals surface area contributed by atoms with Crippen molar-refractivity contribution in [2.24, 2.45) is 0 Å². The minimum absolute atomic E-state index is 0.127. The Morgan fingerprint density at radius 3 is 2.57 bits per heavy atom. The predicted molar refractivity (Wildman–Crippen MR) is 86.8 cm³/mol. The molecule has 0 bridgehead atoms. The second-order valence-corrected chi connectivity index (χ2v) is 5.66. The Morgan fingerprint density at radius 2 is 1.83 bits per heavy atom. The first-order chi connectivity index (χ1) is 11.1. The van der Waals surface area contributed by atoms with Crippen molar-refractivity contribution in [1.82, 2.24) is 5.32 Å². The molecule has 0 aliphatic rings. The number of methoxy groups -OCH3 is 1. The summed E-state index contributed by atoms with van der Waals surface area (Å²) in [7, 11) is 1.31. The summed E-state index contributed by atoms with van der Waals surface area (Å²) in [4.78, 5) is 24.2. The van der Waals surface area contributed by atoms with Crippen LogP contribution in [0, 0.1) is 5.82 Å². The van der Waals surface area contributed by atoms with E-state index in [0.29, 0.717) is 16.0 Å². The zero-order chi connectivity index (χ0) is 16.7. The molecule has 0 aliphatic carbocycles. The van der Waals surface area contributed by atoms with Crippen molar-refractivity contribution in [3.63, 3.8) is 0 Å². The molecule has 6 heteroatoms. The normalized spacial score (nSPS) is 10.2. The SMILES string of the molecule is COC(=O)c1ccccc1SCC(=O)NCc1ccccc1F. The van der Waals surface area contributed by atoms with Gasteiger partial charge in [-0.2, -0.15) is 0 Å². The molecule has 0 saturated carbocycles. The van der Waals surface area contributed by atoms with Gasteiger partial charge in [0.15, 0.2) is 0 Å². The zero-order valence-electron chi connectivity index (χ0n) is 12.5. The van der Waals surface area contributed by atoms with Gasteiger partial charge in [0.1, 0.15) is 5.82 Å². The first kappa shape index (κ1) is 17.0. The molecule has 0 fully saturated rings. The van der Waals surface area contributed by atoms with E-state index in [1.165, 1.54) is 24.9 Å². The highest BCUT2D eigenvalue weighted by Crippen LogP contribution is 2.23. The number of rotatable bonds is 6. The maximum Gasteiger partial charge on any atom is 0.338 e. The summed E-state index contributed by atoms with van der Waals surface area (Å²) < 4.78 is 18.2. The number of carbonyl (C=O) groups is 2. The van der Waals surface area contributed by atoms with E-state index in [2.05, 4.69) is 5.32 Å². The quantitative estimate of drug-likeness (QED) is 0.652. The number of ether oxygens (including phenoxy) is 1. The van der Waals surface area contributed by atoms with E-state index in [9.17, 15) is 14.0 Å². The van der Waals surface area contributed by atoms with Gasteiger partial charge in [-0.3, -0.25) is 4.79 Å². The number of hydrogen-bond acceptors (Lipinski definition) is 4. The van der Waals surface area contributed by atoms with Gasteiger partial charge in [-0.05, 0) is 18.2 Å². The molecule has 0 heterocycles. The number of nitrogens with one attached hydrogen (secondary N) is 1. The van der Waals surface area contributed by atoms with Gasteiger partial charge in [-0.1, -0.05) is 30.3 Å². The monoisotopic (exact) mass is 333 g/mol. The third-order valence-corrected chi connectivity index (χ3v) is 4.16. The van der Waals surface area contributed by atoms with Crippen LogP contribution in [0.4, 0.5) is 4.39 Å². The highest BCUT2D eigenvalue weighted by Gasteiger charge is 2.13. The standard InChI is InChI=1S/C17H16FNO3S/c1-22-17(21)13-7-3-5-9-15(13)23-11-16(20)19-10-12-6-2-4-8-14(12)18/h2-9H,10-11H2,1H3,(H,19,20).